The normalized spacial score (nSPS) is 17.5. The summed E-state index contributed by atoms with van der Waals surface area (Å²) >= 11 is 0. The second-order valence-electron chi connectivity index (χ2n) is 3.63. The van der Waals surface area contributed by atoms with Crippen LogP contribution in [0.3, 0.4) is 0 Å². The zero-order chi connectivity index (χ0) is 10.8. The maximum Gasteiger partial charge on any atom is 0.231 e. The summed E-state index contributed by atoms with van der Waals surface area (Å²) in [6.45, 7) is 2.19. The Balaban J connectivity index is 2.22. The Bertz CT molecular complexity index is 354. The number of hydrogen-bond acceptors (Lipinski definition) is 4. The van der Waals surface area contributed by atoms with Crippen LogP contribution in [0.15, 0.2) is 18.2 Å². The second-order valence-corrected chi connectivity index (χ2v) is 3.63. The fraction of sp³-hybridized carbons (Fsp3) is 0.455. The van der Waals surface area contributed by atoms with E-state index in [1.165, 1.54) is 0 Å². The van der Waals surface area contributed by atoms with E-state index in [2.05, 4.69) is 5.32 Å². The van der Waals surface area contributed by atoms with E-state index in [9.17, 15) is 5.11 Å². The minimum absolute atomic E-state index is 0.00497. The summed E-state index contributed by atoms with van der Waals surface area (Å²) in [4.78, 5) is 0. The smallest absolute Gasteiger partial charge is 0.231 e. The van der Waals surface area contributed by atoms with Crippen molar-refractivity contribution >= 4 is 0 Å². The largest absolute Gasteiger partial charge is 0.454 e. The lowest BCUT2D eigenvalue weighted by molar-refractivity contribution is 0.139. The number of fused-ring (bicyclic) bond motifs is 1. The lowest BCUT2D eigenvalue weighted by Crippen LogP contribution is -2.28. The second kappa shape index (κ2) is 4.08. The van der Waals surface area contributed by atoms with Crippen LogP contribution in [0.5, 0.6) is 11.5 Å². The molecule has 0 radical (unpaired) electrons. The van der Waals surface area contributed by atoms with Crippen molar-refractivity contribution < 1.29 is 14.6 Å². The molecule has 2 atom stereocenters. The van der Waals surface area contributed by atoms with Crippen molar-refractivity contribution in [3.8, 4) is 11.5 Å². The summed E-state index contributed by atoms with van der Waals surface area (Å²) in [5, 5.41) is 13.0. The minimum Gasteiger partial charge on any atom is -0.454 e. The molecule has 0 aliphatic carbocycles. The fourth-order valence-corrected chi connectivity index (χ4v) is 1.54. The van der Waals surface area contributed by atoms with Crippen LogP contribution >= 0.6 is 0 Å². The zero-order valence-corrected chi connectivity index (χ0v) is 8.86. The van der Waals surface area contributed by atoms with Crippen LogP contribution in [-0.4, -0.2) is 25.0 Å². The molecule has 0 spiro atoms. The molecule has 15 heavy (non-hydrogen) atoms. The molecule has 2 rings (SSSR count). The van der Waals surface area contributed by atoms with Crippen LogP contribution in [0, 0.1) is 0 Å². The number of nitrogens with one attached hydrogen (secondary N) is 1. The number of likely N-dealkylation sites (N-methyl/N-ethyl adjacent to an activating group) is 1. The van der Waals surface area contributed by atoms with Crippen molar-refractivity contribution in [3.63, 3.8) is 0 Å². The van der Waals surface area contributed by atoms with Crippen LogP contribution in [0.2, 0.25) is 0 Å². The van der Waals surface area contributed by atoms with Gasteiger partial charge in [-0.15, -0.1) is 0 Å². The van der Waals surface area contributed by atoms with Crippen molar-refractivity contribution in [2.45, 2.75) is 19.1 Å². The monoisotopic (exact) mass is 209 g/mol. The molecule has 1 aliphatic rings. The highest BCUT2D eigenvalue weighted by Gasteiger charge is 2.19. The zero-order valence-electron chi connectivity index (χ0n) is 8.86. The molecule has 0 saturated heterocycles. The van der Waals surface area contributed by atoms with E-state index in [-0.39, 0.29) is 12.8 Å². The topological polar surface area (TPSA) is 50.7 Å². The van der Waals surface area contributed by atoms with Crippen LogP contribution in [0.1, 0.15) is 18.6 Å². The van der Waals surface area contributed by atoms with E-state index >= 15 is 0 Å². The van der Waals surface area contributed by atoms with Crippen LogP contribution in [0.25, 0.3) is 0 Å². The maximum atomic E-state index is 9.96. The molecule has 0 amide bonds. The summed E-state index contributed by atoms with van der Waals surface area (Å²) in [7, 11) is 1.82. The lowest BCUT2D eigenvalue weighted by Gasteiger charge is -2.18. The highest BCUT2D eigenvalue weighted by atomic mass is 16.7. The number of rotatable bonds is 3. The van der Waals surface area contributed by atoms with Gasteiger partial charge in [0.25, 0.3) is 0 Å². The first-order valence-corrected chi connectivity index (χ1v) is 4.97. The summed E-state index contributed by atoms with van der Waals surface area (Å²) in [6, 6.07) is 5.50. The van der Waals surface area contributed by atoms with Gasteiger partial charge in [-0.25, -0.2) is 0 Å². The lowest BCUT2D eigenvalue weighted by atomic mass is 10.0. The van der Waals surface area contributed by atoms with Crippen LogP contribution in [-0.2, 0) is 0 Å². The molecule has 0 bridgehead atoms. The average molecular weight is 209 g/mol. The highest BCUT2D eigenvalue weighted by Crippen LogP contribution is 2.34. The van der Waals surface area contributed by atoms with Gasteiger partial charge in [0.1, 0.15) is 0 Å². The summed E-state index contributed by atoms with van der Waals surface area (Å²) in [5.74, 6) is 1.44. The number of benzene rings is 1. The number of aliphatic hydroxyl groups is 1. The van der Waals surface area contributed by atoms with Crippen molar-refractivity contribution in [1.82, 2.24) is 5.32 Å². The maximum absolute atomic E-state index is 9.96. The highest BCUT2D eigenvalue weighted by molar-refractivity contribution is 5.45. The molecule has 1 heterocycles. The van der Waals surface area contributed by atoms with Gasteiger partial charge >= 0.3 is 0 Å². The van der Waals surface area contributed by atoms with E-state index in [1.54, 1.807) is 0 Å². The Morgan fingerprint density at radius 1 is 1.33 bits per heavy atom. The molecule has 0 saturated carbocycles. The molecule has 1 aromatic carbocycles. The van der Waals surface area contributed by atoms with Gasteiger partial charge in [0.15, 0.2) is 11.5 Å². The van der Waals surface area contributed by atoms with Gasteiger partial charge in [0, 0.05) is 6.04 Å². The number of ether oxygens (including phenoxy) is 2. The third-order valence-electron chi connectivity index (χ3n) is 2.67. The van der Waals surface area contributed by atoms with Gasteiger partial charge in [-0.3, -0.25) is 0 Å². The molecule has 4 heteroatoms. The Labute approximate surface area is 88.8 Å². The minimum atomic E-state index is -0.538. The standard InChI is InChI=1S/C11H15NO3/c1-7(12-2)11(13)8-3-4-9-10(5-8)15-6-14-9/h3-5,7,11-13H,6H2,1-2H3. The molecule has 4 nitrogen and oxygen atoms in total. The molecule has 1 aliphatic heterocycles. The third kappa shape index (κ3) is 1.91. The summed E-state index contributed by atoms with van der Waals surface area (Å²) in [5.41, 5.74) is 0.834. The number of aliphatic hydroxyl groups excluding tert-OH is 1. The van der Waals surface area contributed by atoms with E-state index < -0.39 is 6.10 Å². The van der Waals surface area contributed by atoms with Gasteiger partial charge in [-0.1, -0.05) is 6.07 Å². The summed E-state index contributed by atoms with van der Waals surface area (Å²) < 4.78 is 10.4. The van der Waals surface area contributed by atoms with E-state index in [0.717, 1.165) is 11.3 Å². The molecule has 1 aromatic rings. The van der Waals surface area contributed by atoms with Crippen molar-refractivity contribution in [1.29, 1.82) is 0 Å². The molecular formula is C11H15NO3. The third-order valence-corrected chi connectivity index (χ3v) is 2.67. The predicted octanol–water partition coefficient (Wildman–Crippen LogP) is 1.06. The Hall–Kier alpha value is -1.26. The summed E-state index contributed by atoms with van der Waals surface area (Å²) in [6.07, 6.45) is -0.538. The van der Waals surface area contributed by atoms with Gasteiger partial charge in [0.2, 0.25) is 6.79 Å². The van der Waals surface area contributed by atoms with E-state index in [0.29, 0.717) is 5.75 Å². The Morgan fingerprint density at radius 3 is 2.80 bits per heavy atom. The van der Waals surface area contributed by atoms with Crippen molar-refractivity contribution in [2.75, 3.05) is 13.8 Å². The Kier molecular flexibility index (Phi) is 2.79. The molecule has 2 N–H and O–H groups in total. The number of hydrogen-bond donors (Lipinski definition) is 2. The molecule has 0 fully saturated rings. The van der Waals surface area contributed by atoms with Crippen molar-refractivity contribution in [2.24, 2.45) is 0 Å². The van der Waals surface area contributed by atoms with E-state index in [1.807, 2.05) is 32.2 Å². The molecule has 82 valence electrons. The van der Waals surface area contributed by atoms with Crippen molar-refractivity contribution in [3.05, 3.63) is 23.8 Å². The van der Waals surface area contributed by atoms with Gasteiger partial charge < -0.3 is 19.9 Å². The molecular weight excluding hydrogens is 194 g/mol. The quantitative estimate of drug-likeness (QED) is 0.781. The SMILES string of the molecule is CNC(C)C(O)c1ccc2c(c1)OCO2. The van der Waals surface area contributed by atoms with Crippen LogP contribution in [0.4, 0.5) is 0 Å². The average Bonchev–Trinajstić information content (AvgIpc) is 2.73. The molecule has 0 aromatic heterocycles. The van der Waals surface area contributed by atoms with Gasteiger partial charge in [-0.2, -0.15) is 0 Å². The first-order valence-electron chi connectivity index (χ1n) is 4.97. The fourth-order valence-electron chi connectivity index (χ4n) is 1.54. The predicted molar refractivity (Wildman–Crippen MR) is 56.0 cm³/mol. The Morgan fingerprint density at radius 2 is 2.07 bits per heavy atom. The van der Waals surface area contributed by atoms with Gasteiger partial charge in [0.05, 0.1) is 6.10 Å². The van der Waals surface area contributed by atoms with Gasteiger partial charge in [-0.05, 0) is 31.7 Å². The molecule has 2 unspecified atom stereocenters. The first kappa shape index (κ1) is 10.3. The van der Waals surface area contributed by atoms with Crippen LogP contribution < -0.4 is 14.8 Å². The first-order chi connectivity index (χ1) is 7.22. The van der Waals surface area contributed by atoms with E-state index in [4.69, 9.17) is 9.47 Å².